The van der Waals surface area contributed by atoms with Crippen LogP contribution in [0.15, 0.2) is 12.3 Å². The average molecular weight is 316 g/mol. The lowest BCUT2D eigenvalue weighted by atomic mass is 10.2. The second-order valence-electron chi connectivity index (χ2n) is 4.57. The fourth-order valence-electron chi connectivity index (χ4n) is 1.54. The molecule has 0 fully saturated rings. The zero-order valence-corrected chi connectivity index (χ0v) is 13.8. The molecule has 2 N–H and O–H groups in total. The zero-order chi connectivity index (χ0) is 15.0. The predicted octanol–water partition coefficient (Wildman–Crippen LogP) is 3.43. The van der Waals surface area contributed by atoms with Crippen molar-refractivity contribution in [2.24, 2.45) is 0 Å². The van der Waals surface area contributed by atoms with Crippen molar-refractivity contribution < 1.29 is 4.79 Å². The van der Waals surface area contributed by atoms with Crippen molar-refractivity contribution in [2.45, 2.75) is 31.9 Å². The van der Waals surface area contributed by atoms with E-state index in [0.717, 1.165) is 19.4 Å². The summed E-state index contributed by atoms with van der Waals surface area (Å²) < 4.78 is 0. The van der Waals surface area contributed by atoms with Crippen LogP contribution in [0.25, 0.3) is 0 Å². The first-order chi connectivity index (χ1) is 9.58. The number of halogens is 1. The van der Waals surface area contributed by atoms with Crippen molar-refractivity contribution in [3.05, 3.63) is 22.8 Å². The number of hydrogen-bond donors (Lipinski definition) is 2. The molecule has 0 bridgehead atoms. The molecule has 0 spiro atoms. The number of amides is 1. The normalized spacial score (nSPS) is 12.0. The molecule has 20 heavy (non-hydrogen) atoms. The van der Waals surface area contributed by atoms with Gasteiger partial charge in [0.15, 0.2) is 0 Å². The summed E-state index contributed by atoms with van der Waals surface area (Å²) in [5.41, 5.74) is 0.494. The number of anilines is 1. The number of aromatic nitrogens is 1. The fraction of sp³-hybridized carbons (Fsp3) is 0.571. The van der Waals surface area contributed by atoms with Crippen molar-refractivity contribution in [2.75, 3.05) is 24.7 Å². The number of pyridine rings is 1. The molecular formula is C14H22ClN3OS. The largest absolute Gasteiger partial charge is 0.369 e. The van der Waals surface area contributed by atoms with E-state index < -0.39 is 0 Å². The van der Waals surface area contributed by atoms with Gasteiger partial charge in [-0.2, -0.15) is 11.8 Å². The van der Waals surface area contributed by atoms with E-state index in [-0.39, 0.29) is 5.91 Å². The van der Waals surface area contributed by atoms with E-state index in [4.69, 9.17) is 11.6 Å². The molecule has 1 aromatic rings. The van der Waals surface area contributed by atoms with Crippen LogP contribution in [0.4, 0.5) is 5.82 Å². The maximum absolute atomic E-state index is 12.0. The Morgan fingerprint density at radius 2 is 2.25 bits per heavy atom. The summed E-state index contributed by atoms with van der Waals surface area (Å²) in [7, 11) is 0. The first-order valence-corrected chi connectivity index (χ1v) is 8.45. The highest BCUT2D eigenvalue weighted by atomic mass is 35.5. The molecule has 1 rings (SSSR count). The minimum atomic E-state index is -0.130. The molecule has 0 saturated heterocycles. The Labute approximate surface area is 130 Å². The Morgan fingerprint density at radius 3 is 2.85 bits per heavy atom. The standard InChI is InChI=1S/C14H22ClN3OS/c1-4-6-16-13-12(15)8-11(9-18-13)14(19)17-7-5-10(2)20-3/h8-10H,4-7H2,1-3H3,(H,16,18)(H,17,19). The summed E-state index contributed by atoms with van der Waals surface area (Å²) in [5.74, 6) is 0.496. The number of nitrogens with zero attached hydrogens (tertiary/aromatic N) is 1. The van der Waals surface area contributed by atoms with Gasteiger partial charge in [0.1, 0.15) is 5.82 Å². The van der Waals surface area contributed by atoms with Crippen molar-refractivity contribution in [1.29, 1.82) is 0 Å². The SMILES string of the molecule is CCCNc1ncc(C(=O)NCCC(C)SC)cc1Cl. The number of hydrogen-bond acceptors (Lipinski definition) is 4. The highest BCUT2D eigenvalue weighted by Gasteiger charge is 2.10. The van der Waals surface area contributed by atoms with E-state index in [1.807, 2.05) is 0 Å². The molecule has 0 aliphatic carbocycles. The van der Waals surface area contributed by atoms with E-state index in [1.54, 1.807) is 24.0 Å². The average Bonchev–Trinajstić information content (AvgIpc) is 2.45. The third kappa shape index (κ3) is 5.59. The lowest BCUT2D eigenvalue weighted by Crippen LogP contribution is -2.26. The van der Waals surface area contributed by atoms with Gasteiger partial charge in [0.05, 0.1) is 10.6 Å². The quantitative estimate of drug-likeness (QED) is 0.771. The summed E-state index contributed by atoms with van der Waals surface area (Å²) in [6, 6.07) is 1.65. The molecule has 112 valence electrons. The van der Waals surface area contributed by atoms with Gasteiger partial charge in [-0.15, -0.1) is 0 Å². The maximum atomic E-state index is 12.0. The minimum Gasteiger partial charge on any atom is -0.369 e. The lowest BCUT2D eigenvalue weighted by molar-refractivity contribution is 0.0953. The van der Waals surface area contributed by atoms with E-state index in [9.17, 15) is 4.79 Å². The van der Waals surface area contributed by atoms with Gasteiger partial charge < -0.3 is 10.6 Å². The van der Waals surface area contributed by atoms with E-state index in [1.165, 1.54) is 0 Å². The van der Waals surface area contributed by atoms with Gasteiger partial charge >= 0.3 is 0 Å². The van der Waals surface area contributed by atoms with Gasteiger partial charge in [-0.1, -0.05) is 25.4 Å². The second kappa shape index (κ2) is 9.08. The van der Waals surface area contributed by atoms with Crippen molar-refractivity contribution in [3.8, 4) is 0 Å². The first kappa shape index (κ1) is 17.1. The van der Waals surface area contributed by atoms with Gasteiger partial charge in [0, 0.05) is 24.5 Å². The van der Waals surface area contributed by atoms with Crippen LogP contribution >= 0.6 is 23.4 Å². The van der Waals surface area contributed by atoms with Crippen LogP contribution in [0.5, 0.6) is 0 Å². The molecule has 1 unspecified atom stereocenters. The minimum absolute atomic E-state index is 0.130. The number of rotatable bonds is 8. The summed E-state index contributed by atoms with van der Waals surface area (Å²) in [6.07, 6.45) is 5.56. The summed E-state index contributed by atoms with van der Waals surface area (Å²) in [5, 5.41) is 7.01. The van der Waals surface area contributed by atoms with E-state index in [2.05, 4.69) is 35.7 Å². The Kier molecular flexibility index (Phi) is 7.77. The Hall–Kier alpha value is -0.940. The topological polar surface area (TPSA) is 54.0 Å². The summed E-state index contributed by atoms with van der Waals surface area (Å²) in [6.45, 7) is 5.68. The van der Waals surface area contributed by atoms with Gasteiger partial charge in [-0.3, -0.25) is 4.79 Å². The molecule has 0 saturated carbocycles. The van der Waals surface area contributed by atoms with Gasteiger partial charge in [-0.05, 0) is 25.2 Å². The first-order valence-electron chi connectivity index (χ1n) is 6.78. The van der Waals surface area contributed by atoms with E-state index in [0.29, 0.717) is 28.2 Å². The molecular weight excluding hydrogens is 294 g/mol. The van der Waals surface area contributed by atoms with Gasteiger partial charge in [0.2, 0.25) is 0 Å². The predicted molar refractivity (Wildman–Crippen MR) is 88.0 cm³/mol. The highest BCUT2D eigenvalue weighted by Crippen LogP contribution is 2.20. The number of thioether (sulfide) groups is 1. The Balaban J connectivity index is 2.54. The third-order valence-electron chi connectivity index (χ3n) is 2.88. The molecule has 4 nitrogen and oxygen atoms in total. The van der Waals surface area contributed by atoms with Gasteiger partial charge in [-0.25, -0.2) is 4.98 Å². The summed E-state index contributed by atoms with van der Waals surface area (Å²) >= 11 is 7.90. The highest BCUT2D eigenvalue weighted by molar-refractivity contribution is 7.99. The van der Waals surface area contributed by atoms with Crippen LogP contribution in [0.3, 0.4) is 0 Å². The van der Waals surface area contributed by atoms with Crippen LogP contribution in [0, 0.1) is 0 Å². The maximum Gasteiger partial charge on any atom is 0.252 e. The van der Waals surface area contributed by atoms with Crippen LogP contribution in [0.1, 0.15) is 37.0 Å². The molecule has 1 heterocycles. The monoisotopic (exact) mass is 315 g/mol. The Bertz CT molecular complexity index is 442. The number of carbonyl (C=O) groups is 1. The molecule has 0 radical (unpaired) electrons. The lowest BCUT2D eigenvalue weighted by Gasteiger charge is -2.10. The molecule has 0 aliphatic rings. The third-order valence-corrected chi connectivity index (χ3v) is 4.21. The van der Waals surface area contributed by atoms with Crippen LogP contribution in [-0.4, -0.2) is 35.5 Å². The second-order valence-corrected chi connectivity index (χ2v) is 6.26. The molecule has 6 heteroatoms. The van der Waals surface area contributed by atoms with Crippen LogP contribution in [0.2, 0.25) is 5.02 Å². The van der Waals surface area contributed by atoms with Gasteiger partial charge in [0.25, 0.3) is 5.91 Å². The molecule has 0 aliphatic heterocycles. The van der Waals surface area contributed by atoms with Crippen molar-refractivity contribution >= 4 is 35.1 Å². The molecule has 1 aromatic heterocycles. The van der Waals surface area contributed by atoms with Crippen LogP contribution < -0.4 is 10.6 Å². The smallest absolute Gasteiger partial charge is 0.252 e. The molecule has 0 aromatic carbocycles. The molecule has 1 amide bonds. The van der Waals surface area contributed by atoms with Crippen LogP contribution in [-0.2, 0) is 0 Å². The van der Waals surface area contributed by atoms with Crippen molar-refractivity contribution in [3.63, 3.8) is 0 Å². The zero-order valence-electron chi connectivity index (χ0n) is 12.2. The fourth-order valence-corrected chi connectivity index (χ4v) is 2.13. The van der Waals surface area contributed by atoms with E-state index >= 15 is 0 Å². The van der Waals surface area contributed by atoms with Crippen molar-refractivity contribution in [1.82, 2.24) is 10.3 Å². The number of nitrogens with one attached hydrogen (secondary N) is 2. The number of carbonyl (C=O) groups excluding carboxylic acids is 1. The Morgan fingerprint density at radius 1 is 1.50 bits per heavy atom. The summed E-state index contributed by atoms with van der Waals surface area (Å²) in [4.78, 5) is 16.1. The molecule has 1 atom stereocenters.